The number of thioether (sulfide) groups is 1. The molecule has 2 aromatic rings. The van der Waals surface area contributed by atoms with Crippen molar-refractivity contribution in [2.24, 2.45) is 0 Å². The highest BCUT2D eigenvalue weighted by Crippen LogP contribution is 2.42. The van der Waals surface area contributed by atoms with Crippen molar-refractivity contribution in [2.45, 2.75) is 19.2 Å². The molecule has 4 nitrogen and oxygen atoms in total. The van der Waals surface area contributed by atoms with Crippen molar-refractivity contribution in [2.75, 3.05) is 16.0 Å². The van der Waals surface area contributed by atoms with Crippen LogP contribution in [0.2, 0.25) is 0 Å². The van der Waals surface area contributed by atoms with E-state index in [4.69, 9.17) is 0 Å². The molecule has 1 aliphatic rings. The number of hydrogen-bond donors (Lipinski definition) is 1. The first kappa shape index (κ1) is 16.5. The normalized spacial score (nSPS) is 17.2. The number of rotatable bonds is 3. The van der Waals surface area contributed by atoms with Gasteiger partial charge in [0.05, 0.1) is 5.75 Å². The molecule has 1 N–H and O–H groups in total. The van der Waals surface area contributed by atoms with E-state index in [-0.39, 0.29) is 23.0 Å². The Balaban J connectivity index is 1.90. The summed E-state index contributed by atoms with van der Waals surface area (Å²) in [5.74, 6) is -0.144. The average molecular weight is 344 g/mol. The number of anilines is 2. The zero-order chi connectivity index (χ0) is 17.3. The van der Waals surface area contributed by atoms with E-state index in [1.165, 1.54) is 24.8 Å². The summed E-state index contributed by atoms with van der Waals surface area (Å²) in [6, 6.07) is 12.2. The molecule has 24 heavy (non-hydrogen) atoms. The van der Waals surface area contributed by atoms with Crippen molar-refractivity contribution in [3.63, 3.8) is 0 Å². The zero-order valence-corrected chi connectivity index (χ0v) is 14.2. The molecule has 2 aromatic carbocycles. The average Bonchev–Trinajstić information content (AvgIpc) is 2.92. The standard InChI is InChI=1S/C18H17FN2O2S/c1-11-3-8-15(9-16(11)19)21-17(23)10-24-18(21)13-4-6-14(7-5-13)20-12(2)22/h3-9,18H,10H2,1-2H3,(H,20,22)/t18-/m0/s1. The van der Waals surface area contributed by atoms with Gasteiger partial charge in [-0.05, 0) is 42.3 Å². The molecule has 6 heteroatoms. The fourth-order valence-corrected chi connectivity index (χ4v) is 3.79. The molecule has 0 bridgehead atoms. The maximum atomic E-state index is 13.9. The van der Waals surface area contributed by atoms with E-state index in [0.717, 1.165) is 5.56 Å². The SMILES string of the molecule is CC(=O)Nc1ccc([C@@H]2SCC(=O)N2c2ccc(C)c(F)c2)cc1. The molecular weight excluding hydrogens is 327 g/mol. The van der Waals surface area contributed by atoms with Gasteiger partial charge >= 0.3 is 0 Å². The van der Waals surface area contributed by atoms with Gasteiger partial charge in [0.1, 0.15) is 11.2 Å². The molecule has 1 atom stereocenters. The first-order chi connectivity index (χ1) is 11.5. The van der Waals surface area contributed by atoms with E-state index < -0.39 is 0 Å². The van der Waals surface area contributed by atoms with Gasteiger partial charge in [0.15, 0.2) is 0 Å². The number of carbonyl (C=O) groups is 2. The van der Waals surface area contributed by atoms with Crippen LogP contribution in [0.4, 0.5) is 15.8 Å². The van der Waals surface area contributed by atoms with Crippen LogP contribution in [-0.4, -0.2) is 17.6 Å². The summed E-state index contributed by atoms with van der Waals surface area (Å²) in [6.07, 6.45) is 0. The fraction of sp³-hybridized carbons (Fsp3) is 0.222. The highest BCUT2D eigenvalue weighted by Gasteiger charge is 2.34. The molecule has 0 spiro atoms. The fourth-order valence-electron chi connectivity index (χ4n) is 2.62. The van der Waals surface area contributed by atoms with Gasteiger partial charge in [-0.25, -0.2) is 4.39 Å². The number of benzene rings is 2. The van der Waals surface area contributed by atoms with Gasteiger partial charge in [0.25, 0.3) is 0 Å². The van der Waals surface area contributed by atoms with E-state index in [1.54, 1.807) is 36.1 Å². The van der Waals surface area contributed by atoms with Crippen LogP contribution in [0.3, 0.4) is 0 Å². The highest BCUT2D eigenvalue weighted by molar-refractivity contribution is 8.00. The van der Waals surface area contributed by atoms with Gasteiger partial charge in [0, 0.05) is 18.3 Å². The molecule has 1 fully saturated rings. The van der Waals surface area contributed by atoms with Crippen LogP contribution in [0.1, 0.15) is 23.4 Å². The number of nitrogens with zero attached hydrogens (tertiary/aromatic N) is 1. The van der Waals surface area contributed by atoms with E-state index in [1.807, 2.05) is 12.1 Å². The molecule has 3 rings (SSSR count). The lowest BCUT2D eigenvalue weighted by Crippen LogP contribution is -2.27. The molecule has 0 saturated carbocycles. The van der Waals surface area contributed by atoms with Crippen molar-refractivity contribution in [3.8, 4) is 0 Å². The molecular formula is C18H17FN2O2S. The van der Waals surface area contributed by atoms with Crippen molar-refractivity contribution in [3.05, 3.63) is 59.4 Å². The lowest BCUT2D eigenvalue weighted by atomic mass is 10.1. The van der Waals surface area contributed by atoms with Crippen LogP contribution in [0.15, 0.2) is 42.5 Å². The van der Waals surface area contributed by atoms with Crippen LogP contribution in [-0.2, 0) is 9.59 Å². The second-order valence-corrected chi connectivity index (χ2v) is 6.73. The van der Waals surface area contributed by atoms with Gasteiger partial charge in [-0.3, -0.25) is 14.5 Å². The van der Waals surface area contributed by atoms with Crippen molar-refractivity contribution >= 4 is 35.0 Å². The van der Waals surface area contributed by atoms with Crippen LogP contribution in [0.5, 0.6) is 0 Å². The van der Waals surface area contributed by atoms with Gasteiger partial charge < -0.3 is 5.32 Å². The topological polar surface area (TPSA) is 49.4 Å². The molecule has 124 valence electrons. The molecule has 0 radical (unpaired) electrons. The Morgan fingerprint density at radius 2 is 1.96 bits per heavy atom. The Morgan fingerprint density at radius 3 is 2.58 bits per heavy atom. The number of amides is 2. The Labute approximate surface area is 144 Å². The van der Waals surface area contributed by atoms with Crippen LogP contribution >= 0.6 is 11.8 Å². The number of carbonyl (C=O) groups excluding carboxylic acids is 2. The third-order valence-electron chi connectivity index (χ3n) is 3.82. The predicted octanol–water partition coefficient (Wildman–Crippen LogP) is 3.87. The number of aryl methyl sites for hydroxylation is 1. The predicted molar refractivity (Wildman–Crippen MR) is 94.6 cm³/mol. The third kappa shape index (κ3) is 3.28. The minimum absolute atomic E-state index is 0.0424. The molecule has 1 aliphatic heterocycles. The summed E-state index contributed by atoms with van der Waals surface area (Å²) < 4.78 is 13.9. The Hall–Kier alpha value is -2.34. The Bertz CT molecular complexity index is 792. The Kier molecular flexibility index (Phi) is 4.57. The van der Waals surface area contributed by atoms with Crippen molar-refractivity contribution in [1.82, 2.24) is 0 Å². The molecule has 2 amide bonds. The van der Waals surface area contributed by atoms with E-state index >= 15 is 0 Å². The quantitative estimate of drug-likeness (QED) is 0.919. The smallest absolute Gasteiger partial charge is 0.238 e. The highest BCUT2D eigenvalue weighted by atomic mass is 32.2. The summed E-state index contributed by atoms with van der Waals surface area (Å²) >= 11 is 1.50. The van der Waals surface area contributed by atoms with Crippen LogP contribution < -0.4 is 10.2 Å². The van der Waals surface area contributed by atoms with Crippen LogP contribution in [0, 0.1) is 12.7 Å². The molecule has 0 unspecified atom stereocenters. The number of hydrogen-bond acceptors (Lipinski definition) is 3. The number of nitrogens with one attached hydrogen (secondary N) is 1. The minimum Gasteiger partial charge on any atom is -0.326 e. The van der Waals surface area contributed by atoms with Crippen molar-refractivity contribution in [1.29, 1.82) is 0 Å². The zero-order valence-electron chi connectivity index (χ0n) is 13.4. The molecule has 0 aromatic heterocycles. The van der Waals surface area contributed by atoms with E-state index in [0.29, 0.717) is 22.7 Å². The summed E-state index contributed by atoms with van der Waals surface area (Å²) in [5.41, 5.74) is 2.74. The minimum atomic E-state index is -0.322. The number of halogens is 1. The lowest BCUT2D eigenvalue weighted by Gasteiger charge is -2.24. The first-order valence-corrected chi connectivity index (χ1v) is 8.58. The maximum Gasteiger partial charge on any atom is 0.238 e. The van der Waals surface area contributed by atoms with Gasteiger partial charge in [-0.2, -0.15) is 0 Å². The Morgan fingerprint density at radius 1 is 1.25 bits per heavy atom. The summed E-state index contributed by atoms with van der Waals surface area (Å²) in [5, 5.41) is 2.51. The maximum absolute atomic E-state index is 13.9. The monoisotopic (exact) mass is 344 g/mol. The van der Waals surface area contributed by atoms with E-state index in [9.17, 15) is 14.0 Å². The lowest BCUT2D eigenvalue weighted by molar-refractivity contribution is -0.116. The molecule has 1 heterocycles. The summed E-state index contributed by atoms with van der Waals surface area (Å²) in [6.45, 7) is 3.14. The summed E-state index contributed by atoms with van der Waals surface area (Å²) in [4.78, 5) is 25.0. The summed E-state index contributed by atoms with van der Waals surface area (Å²) in [7, 11) is 0. The third-order valence-corrected chi connectivity index (χ3v) is 5.03. The second-order valence-electron chi connectivity index (χ2n) is 5.66. The van der Waals surface area contributed by atoms with Gasteiger partial charge in [-0.15, -0.1) is 11.8 Å². The second kappa shape index (κ2) is 6.65. The van der Waals surface area contributed by atoms with Crippen molar-refractivity contribution < 1.29 is 14.0 Å². The molecule has 0 aliphatic carbocycles. The van der Waals surface area contributed by atoms with E-state index in [2.05, 4.69) is 5.32 Å². The van der Waals surface area contributed by atoms with Crippen LogP contribution in [0.25, 0.3) is 0 Å². The largest absolute Gasteiger partial charge is 0.326 e. The van der Waals surface area contributed by atoms with Gasteiger partial charge in [-0.1, -0.05) is 18.2 Å². The molecule has 1 saturated heterocycles. The van der Waals surface area contributed by atoms with Gasteiger partial charge in [0.2, 0.25) is 11.8 Å². The first-order valence-electron chi connectivity index (χ1n) is 7.53.